The van der Waals surface area contributed by atoms with Crippen molar-refractivity contribution in [2.24, 2.45) is 0 Å². The summed E-state index contributed by atoms with van der Waals surface area (Å²) in [5.41, 5.74) is 2.30. The van der Waals surface area contributed by atoms with Crippen molar-refractivity contribution >= 4 is 13.4 Å². The molecular weight excluding hydrogens is 96.9 g/mol. The summed E-state index contributed by atoms with van der Waals surface area (Å²) in [5, 5.41) is 0. The molecule has 1 heterocycles. The molecule has 0 aromatic carbocycles. The average Bonchev–Trinajstić information content (AvgIpc) is 1.77. The minimum Gasteiger partial charge on any atom is -0.272 e. The second kappa shape index (κ2) is 1.99. The summed E-state index contributed by atoms with van der Waals surface area (Å²) in [4.78, 5) is 4.08. The van der Waals surface area contributed by atoms with E-state index in [-0.39, 0.29) is 0 Å². The van der Waals surface area contributed by atoms with Crippen LogP contribution in [-0.4, -0.2) is 12.8 Å². The Bertz CT molecular complexity index is 147. The van der Waals surface area contributed by atoms with Crippen LogP contribution in [0.4, 0.5) is 0 Å². The van der Waals surface area contributed by atoms with Gasteiger partial charge in [0.05, 0.1) is 0 Å². The van der Waals surface area contributed by atoms with Gasteiger partial charge in [0.25, 0.3) is 0 Å². The van der Waals surface area contributed by atoms with Crippen LogP contribution in [0.1, 0.15) is 5.56 Å². The topological polar surface area (TPSA) is 12.9 Å². The van der Waals surface area contributed by atoms with E-state index in [1.54, 1.807) is 0 Å². The third kappa shape index (κ3) is 1.09. The van der Waals surface area contributed by atoms with Gasteiger partial charge in [-0.3, -0.25) is 4.98 Å². The Morgan fingerprint density at radius 3 is 2.62 bits per heavy atom. The van der Waals surface area contributed by atoms with Crippen LogP contribution < -0.4 is 5.59 Å². The molecule has 0 spiro atoms. The van der Waals surface area contributed by atoms with Crippen LogP contribution in [0.2, 0.25) is 0 Å². The van der Waals surface area contributed by atoms with Crippen LogP contribution in [-0.2, 0) is 0 Å². The van der Waals surface area contributed by atoms with Crippen molar-refractivity contribution < 1.29 is 0 Å². The molecule has 2 heteroatoms. The van der Waals surface area contributed by atoms with Crippen LogP contribution in [0.3, 0.4) is 0 Å². The lowest BCUT2D eigenvalue weighted by Gasteiger charge is -1.89. The largest absolute Gasteiger partial charge is 0.272 e. The number of nitrogens with zero attached hydrogens (tertiary/aromatic N) is 1. The third-order valence-electron chi connectivity index (χ3n) is 1.06. The number of rotatable bonds is 0. The molecule has 0 unspecified atom stereocenters. The zero-order chi connectivity index (χ0) is 5.98. The van der Waals surface area contributed by atoms with Crippen LogP contribution in [0.5, 0.6) is 0 Å². The zero-order valence-corrected chi connectivity index (χ0v) is 5.18. The zero-order valence-electron chi connectivity index (χ0n) is 5.18. The summed E-state index contributed by atoms with van der Waals surface area (Å²) in [6.07, 6.45) is 1.87. The molecule has 0 N–H and O–H groups in total. The second-order valence-corrected chi connectivity index (χ2v) is 1.98. The summed E-state index contributed by atoms with van der Waals surface area (Å²) < 4.78 is 0. The summed E-state index contributed by atoms with van der Waals surface area (Å²) in [5.74, 6) is 0. The molecular formula is C6H8BN. The smallest absolute Gasteiger partial charge is 0.163 e. The number of hydrogen-bond acceptors (Lipinski definition) is 1. The highest BCUT2D eigenvalue weighted by Crippen LogP contribution is 1.86. The highest BCUT2D eigenvalue weighted by molar-refractivity contribution is 6.30. The molecule has 1 aromatic heterocycles. The minimum absolute atomic E-state index is 1.08. The molecule has 0 aliphatic carbocycles. The van der Waals surface area contributed by atoms with Crippen LogP contribution in [0.25, 0.3) is 0 Å². The van der Waals surface area contributed by atoms with E-state index in [9.17, 15) is 0 Å². The van der Waals surface area contributed by atoms with Crippen molar-refractivity contribution in [1.82, 2.24) is 4.98 Å². The fourth-order valence-corrected chi connectivity index (χ4v) is 0.542. The van der Waals surface area contributed by atoms with Crippen LogP contribution >= 0.6 is 0 Å². The highest BCUT2D eigenvalue weighted by Gasteiger charge is 1.81. The Morgan fingerprint density at radius 1 is 1.50 bits per heavy atom. The molecule has 0 aliphatic heterocycles. The predicted molar refractivity (Wildman–Crippen MR) is 37.2 cm³/mol. The first-order valence-corrected chi connectivity index (χ1v) is 2.68. The van der Waals surface area contributed by atoms with Crippen molar-refractivity contribution in [2.45, 2.75) is 6.92 Å². The molecule has 1 rings (SSSR count). The van der Waals surface area contributed by atoms with Crippen molar-refractivity contribution in [1.29, 1.82) is 0 Å². The number of aromatic nitrogens is 1. The first-order chi connectivity index (χ1) is 3.79. The molecule has 8 heavy (non-hydrogen) atoms. The molecule has 0 atom stereocenters. The predicted octanol–water partition coefficient (Wildman–Crippen LogP) is -0.352. The highest BCUT2D eigenvalue weighted by atomic mass is 14.6. The van der Waals surface area contributed by atoms with Crippen molar-refractivity contribution in [3.05, 3.63) is 23.9 Å². The Labute approximate surface area is 50.2 Å². The molecule has 0 fully saturated rings. The van der Waals surface area contributed by atoms with Gasteiger partial charge < -0.3 is 0 Å². The molecule has 40 valence electrons. The number of pyridine rings is 1. The van der Waals surface area contributed by atoms with E-state index in [0.29, 0.717) is 0 Å². The average molecular weight is 105 g/mol. The van der Waals surface area contributed by atoms with E-state index < -0.39 is 0 Å². The van der Waals surface area contributed by atoms with E-state index in [1.807, 2.05) is 27.0 Å². The van der Waals surface area contributed by atoms with E-state index in [2.05, 4.69) is 11.1 Å². The fraction of sp³-hybridized carbons (Fsp3) is 0.167. The molecule has 0 radical (unpaired) electrons. The summed E-state index contributed by atoms with van der Waals surface area (Å²) >= 11 is 0. The van der Waals surface area contributed by atoms with Gasteiger partial charge in [0.15, 0.2) is 7.85 Å². The van der Waals surface area contributed by atoms with Gasteiger partial charge in [-0.1, -0.05) is 12.1 Å². The van der Waals surface area contributed by atoms with Gasteiger partial charge in [-0.05, 0) is 18.1 Å². The van der Waals surface area contributed by atoms with Crippen LogP contribution in [0.15, 0.2) is 18.3 Å². The lowest BCUT2D eigenvalue weighted by atomic mass is 10.0. The second-order valence-electron chi connectivity index (χ2n) is 1.98. The van der Waals surface area contributed by atoms with Crippen molar-refractivity contribution in [2.75, 3.05) is 0 Å². The Balaban J connectivity index is 3.03. The maximum absolute atomic E-state index is 4.08. The number of hydrogen-bond donors (Lipinski definition) is 0. The van der Waals surface area contributed by atoms with Gasteiger partial charge >= 0.3 is 0 Å². The Morgan fingerprint density at radius 2 is 2.25 bits per heavy atom. The fourth-order valence-electron chi connectivity index (χ4n) is 0.542. The quantitative estimate of drug-likeness (QED) is 0.411. The molecule has 0 aliphatic rings. The first-order valence-electron chi connectivity index (χ1n) is 2.68. The van der Waals surface area contributed by atoms with Crippen molar-refractivity contribution in [3.63, 3.8) is 0 Å². The van der Waals surface area contributed by atoms with Gasteiger partial charge in [0.2, 0.25) is 0 Å². The Hall–Kier alpha value is -0.785. The Kier molecular flexibility index (Phi) is 1.33. The molecule has 0 bridgehead atoms. The lowest BCUT2D eigenvalue weighted by molar-refractivity contribution is 1.31. The molecule has 0 saturated carbocycles. The first kappa shape index (κ1) is 5.35. The molecule has 1 nitrogen and oxygen atoms in total. The van der Waals surface area contributed by atoms with Crippen LogP contribution in [0, 0.1) is 6.92 Å². The maximum Gasteiger partial charge on any atom is 0.163 e. The van der Waals surface area contributed by atoms with E-state index in [1.165, 1.54) is 5.56 Å². The maximum atomic E-state index is 4.08. The summed E-state index contributed by atoms with van der Waals surface area (Å²) in [7, 11) is 1.99. The molecule has 0 amide bonds. The van der Waals surface area contributed by atoms with Gasteiger partial charge in [0.1, 0.15) is 0 Å². The normalized spacial score (nSPS) is 9.12. The third-order valence-corrected chi connectivity index (χ3v) is 1.06. The lowest BCUT2D eigenvalue weighted by Crippen LogP contribution is -2.05. The summed E-state index contributed by atoms with van der Waals surface area (Å²) in [6, 6.07) is 4.07. The van der Waals surface area contributed by atoms with Gasteiger partial charge in [-0.2, -0.15) is 0 Å². The molecule has 0 saturated heterocycles. The number of aryl methyl sites for hydroxylation is 1. The van der Waals surface area contributed by atoms with Gasteiger partial charge in [-0.15, -0.1) is 0 Å². The minimum atomic E-state index is 1.08. The van der Waals surface area contributed by atoms with E-state index in [4.69, 9.17) is 0 Å². The monoisotopic (exact) mass is 105 g/mol. The van der Waals surface area contributed by atoms with Gasteiger partial charge in [-0.25, -0.2) is 0 Å². The van der Waals surface area contributed by atoms with Crippen molar-refractivity contribution in [3.8, 4) is 0 Å². The molecule has 1 aromatic rings. The van der Waals surface area contributed by atoms with Gasteiger partial charge in [0, 0.05) is 6.20 Å². The SMILES string of the molecule is Bc1ccc(C)cn1. The van der Waals surface area contributed by atoms with E-state index in [0.717, 1.165) is 5.59 Å². The van der Waals surface area contributed by atoms with E-state index >= 15 is 0 Å². The summed E-state index contributed by atoms with van der Waals surface area (Å²) in [6.45, 7) is 2.03. The standard InChI is InChI=1S/C6H8BN/c1-5-2-3-6(7)8-4-5/h2-4H,7H2,1H3.